The molecule has 0 atom stereocenters. The molecular formula is C11H7F4NO3. The molecule has 19 heavy (non-hydrogen) atoms. The van der Waals surface area contributed by atoms with Crippen LogP contribution in [0.15, 0.2) is 12.1 Å². The van der Waals surface area contributed by atoms with Gasteiger partial charge in [-0.25, -0.2) is 13.6 Å². The second-order valence-electron chi connectivity index (χ2n) is 3.21. The van der Waals surface area contributed by atoms with Crippen LogP contribution >= 0.6 is 0 Å². The number of hydrogen-bond acceptors (Lipinski definition) is 4. The monoisotopic (exact) mass is 277 g/mol. The van der Waals surface area contributed by atoms with E-state index in [4.69, 9.17) is 5.26 Å². The van der Waals surface area contributed by atoms with Crippen LogP contribution in [0.25, 0.3) is 0 Å². The predicted molar refractivity (Wildman–Crippen MR) is 54.1 cm³/mol. The molecule has 0 spiro atoms. The number of rotatable bonds is 4. The van der Waals surface area contributed by atoms with Gasteiger partial charge in [0, 0.05) is 0 Å². The van der Waals surface area contributed by atoms with E-state index >= 15 is 0 Å². The van der Waals surface area contributed by atoms with E-state index in [0.717, 1.165) is 7.11 Å². The first-order valence-electron chi connectivity index (χ1n) is 4.80. The van der Waals surface area contributed by atoms with Crippen molar-refractivity contribution in [1.82, 2.24) is 0 Å². The molecule has 0 aromatic heterocycles. The Bertz CT molecular complexity index is 525. The van der Waals surface area contributed by atoms with Gasteiger partial charge < -0.3 is 9.47 Å². The lowest BCUT2D eigenvalue weighted by Gasteiger charge is -2.12. The summed E-state index contributed by atoms with van der Waals surface area (Å²) in [6.45, 7) is -3.21. The summed E-state index contributed by atoms with van der Waals surface area (Å²) in [6, 6.07) is 2.79. The molecule has 0 saturated carbocycles. The number of hydrogen-bond donors (Lipinski definition) is 0. The van der Waals surface area contributed by atoms with Gasteiger partial charge in [0.2, 0.25) is 0 Å². The smallest absolute Gasteiger partial charge is 0.387 e. The highest BCUT2D eigenvalue weighted by Crippen LogP contribution is 2.31. The molecule has 0 amide bonds. The number of methoxy groups -OCH3 is 1. The highest BCUT2D eigenvalue weighted by molar-refractivity contribution is 5.92. The highest BCUT2D eigenvalue weighted by atomic mass is 19.3. The summed E-state index contributed by atoms with van der Waals surface area (Å²) in [4.78, 5) is 11.3. The van der Waals surface area contributed by atoms with Crippen molar-refractivity contribution < 1.29 is 31.8 Å². The number of alkyl halides is 4. The van der Waals surface area contributed by atoms with Crippen molar-refractivity contribution in [2.75, 3.05) is 7.11 Å². The molecule has 0 aliphatic heterocycles. The Balaban J connectivity index is 3.46. The van der Waals surface area contributed by atoms with Crippen molar-refractivity contribution in [3.8, 4) is 11.8 Å². The maximum absolute atomic E-state index is 12.8. The van der Waals surface area contributed by atoms with Crippen LogP contribution in [0.1, 0.15) is 27.9 Å². The predicted octanol–water partition coefficient (Wildman–Crippen LogP) is 2.88. The number of nitriles is 1. The summed E-state index contributed by atoms with van der Waals surface area (Å²) in [5, 5.41) is 8.73. The number of benzene rings is 1. The largest absolute Gasteiger partial charge is 0.465 e. The summed E-state index contributed by atoms with van der Waals surface area (Å²) in [7, 11) is 0.935. The molecule has 0 bridgehead atoms. The first-order chi connectivity index (χ1) is 8.90. The minimum Gasteiger partial charge on any atom is -0.465 e. The molecule has 0 aliphatic rings. The molecule has 0 saturated heterocycles. The third-order valence-electron chi connectivity index (χ3n) is 2.12. The average Bonchev–Trinajstić information content (AvgIpc) is 2.35. The molecule has 0 fully saturated rings. The maximum Gasteiger partial charge on any atom is 0.387 e. The zero-order valence-corrected chi connectivity index (χ0v) is 9.49. The van der Waals surface area contributed by atoms with Gasteiger partial charge in [-0.05, 0) is 12.1 Å². The standard InChI is InChI=1S/C11H7F4NO3/c1-18-10(17)7-3-6(19-11(14)15)2-5(4-16)8(7)9(12)13/h2-3,9,11H,1H3. The van der Waals surface area contributed by atoms with E-state index in [-0.39, 0.29) is 0 Å². The van der Waals surface area contributed by atoms with Crippen molar-refractivity contribution in [1.29, 1.82) is 5.26 Å². The van der Waals surface area contributed by atoms with Crippen LogP contribution in [-0.2, 0) is 4.74 Å². The molecule has 0 heterocycles. The van der Waals surface area contributed by atoms with Gasteiger partial charge in [0.05, 0.1) is 29.9 Å². The van der Waals surface area contributed by atoms with Crippen molar-refractivity contribution in [2.45, 2.75) is 13.0 Å². The first kappa shape index (κ1) is 14.8. The maximum atomic E-state index is 12.8. The lowest BCUT2D eigenvalue weighted by atomic mass is 10.0. The topological polar surface area (TPSA) is 59.3 Å². The van der Waals surface area contributed by atoms with E-state index in [9.17, 15) is 22.4 Å². The molecule has 0 N–H and O–H groups in total. The Kier molecular flexibility index (Phi) is 4.69. The zero-order chi connectivity index (χ0) is 14.6. The first-order valence-corrected chi connectivity index (χ1v) is 4.80. The van der Waals surface area contributed by atoms with E-state index < -0.39 is 41.4 Å². The van der Waals surface area contributed by atoms with Crippen LogP contribution in [0.4, 0.5) is 17.6 Å². The van der Waals surface area contributed by atoms with Gasteiger partial charge in [-0.2, -0.15) is 14.0 Å². The van der Waals surface area contributed by atoms with E-state index in [2.05, 4.69) is 9.47 Å². The van der Waals surface area contributed by atoms with Crippen molar-refractivity contribution in [3.05, 3.63) is 28.8 Å². The zero-order valence-electron chi connectivity index (χ0n) is 9.49. The van der Waals surface area contributed by atoms with Gasteiger partial charge in [0.1, 0.15) is 5.75 Å². The third-order valence-corrected chi connectivity index (χ3v) is 2.12. The van der Waals surface area contributed by atoms with Crippen LogP contribution in [-0.4, -0.2) is 19.7 Å². The van der Waals surface area contributed by atoms with Gasteiger partial charge in [-0.1, -0.05) is 0 Å². The molecule has 1 rings (SSSR count). The Morgan fingerprint density at radius 2 is 1.95 bits per heavy atom. The molecule has 4 nitrogen and oxygen atoms in total. The number of carbonyl (C=O) groups excluding carboxylic acids is 1. The molecule has 0 unspecified atom stereocenters. The summed E-state index contributed by atoms with van der Waals surface area (Å²) in [5.41, 5.74) is -2.20. The number of carbonyl (C=O) groups is 1. The number of halogens is 4. The van der Waals surface area contributed by atoms with Gasteiger partial charge >= 0.3 is 12.6 Å². The normalized spacial score (nSPS) is 10.4. The van der Waals surface area contributed by atoms with E-state index in [1.54, 1.807) is 0 Å². The molecular weight excluding hydrogens is 270 g/mol. The Hall–Kier alpha value is -2.30. The lowest BCUT2D eigenvalue weighted by molar-refractivity contribution is -0.0499. The van der Waals surface area contributed by atoms with Crippen LogP contribution in [0, 0.1) is 11.3 Å². The number of esters is 1. The average molecular weight is 277 g/mol. The van der Waals surface area contributed by atoms with E-state index in [1.807, 2.05) is 0 Å². The number of nitrogens with zero attached hydrogens (tertiary/aromatic N) is 1. The van der Waals surface area contributed by atoms with Gasteiger partial charge in [-0.15, -0.1) is 0 Å². The SMILES string of the molecule is COC(=O)c1cc(OC(F)F)cc(C#N)c1C(F)F. The Morgan fingerprint density at radius 1 is 1.32 bits per heavy atom. The molecule has 0 radical (unpaired) electrons. The van der Waals surface area contributed by atoms with Crippen molar-refractivity contribution in [2.24, 2.45) is 0 Å². The summed E-state index contributed by atoms with van der Waals surface area (Å²) in [6.07, 6.45) is -3.13. The minimum atomic E-state index is -3.21. The summed E-state index contributed by atoms with van der Waals surface area (Å²) in [5.74, 6) is -1.75. The van der Waals surface area contributed by atoms with Gasteiger partial charge in [-0.3, -0.25) is 0 Å². The van der Waals surface area contributed by atoms with E-state index in [1.165, 1.54) is 6.07 Å². The fourth-order valence-electron chi connectivity index (χ4n) is 1.40. The quantitative estimate of drug-likeness (QED) is 0.627. The van der Waals surface area contributed by atoms with Crippen molar-refractivity contribution >= 4 is 5.97 Å². The van der Waals surface area contributed by atoms with Gasteiger partial charge in [0.25, 0.3) is 6.43 Å². The van der Waals surface area contributed by atoms with Crippen LogP contribution in [0.2, 0.25) is 0 Å². The summed E-state index contributed by atoms with van der Waals surface area (Å²) >= 11 is 0. The van der Waals surface area contributed by atoms with Gasteiger partial charge in [0.15, 0.2) is 0 Å². The molecule has 0 aliphatic carbocycles. The third kappa shape index (κ3) is 3.34. The second-order valence-corrected chi connectivity index (χ2v) is 3.21. The lowest BCUT2D eigenvalue weighted by Crippen LogP contribution is -2.10. The molecule has 102 valence electrons. The van der Waals surface area contributed by atoms with Crippen LogP contribution in [0.5, 0.6) is 5.75 Å². The Morgan fingerprint density at radius 3 is 2.37 bits per heavy atom. The van der Waals surface area contributed by atoms with Crippen LogP contribution < -0.4 is 4.74 Å². The molecule has 1 aromatic carbocycles. The number of ether oxygens (including phenoxy) is 2. The highest BCUT2D eigenvalue weighted by Gasteiger charge is 2.25. The molecule has 8 heteroatoms. The van der Waals surface area contributed by atoms with Crippen molar-refractivity contribution in [3.63, 3.8) is 0 Å². The second kappa shape index (κ2) is 6.04. The fraction of sp³-hybridized carbons (Fsp3) is 0.273. The van der Waals surface area contributed by atoms with Crippen LogP contribution in [0.3, 0.4) is 0 Å². The van der Waals surface area contributed by atoms with E-state index in [0.29, 0.717) is 12.1 Å². The minimum absolute atomic E-state index is 0.573. The fourth-order valence-corrected chi connectivity index (χ4v) is 1.40. The summed E-state index contributed by atoms with van der Waals surface area (Å²) < 4.78 is 58.0. The Labute approximate surface area is 105 Å². The molecule has 1 aromatic rings.